The number of rotatable bonds is 8. The van der Waals surface area contributed by atoms with Crippen LogP contribution in [0.5, 0.6) is 11.5 Å². The zero-order valence-electron chi connectivity index (χ0n) is 20.0. The Labute approximate surface area is 235 Å². The van der Waals surface area contributed by atoms with Crippen LogP contribution in [-0.4, -0.2) is 60.1 Å². The molecule has 4 rings (SSSR count). The number of amides is 1. The molecule has 14 heteroatoms. The highest BCUT2D eigenvalue weighted by molar-refractivity contribution is 9.10. The van der Waals surface area contributed by atoms with Crippen LogP contribution in [0.25, 0.3) is 0 Å². The van der Waals surface area contributed by atoms with E-state index >= 15 is 0 Å². The summed E-state index contributed by atoms with van der Waals surface area (Å²) in [5, 5.41) is 17.6. The molecule has 0 saturated carbocycles. The third-order valence-electron chi connectivity index (χ3n) is 5.46. The highest BCUT2D eigenvalue weighted by atomic mass is 79.9. The summed E-state index contributed by atoms with van der Waals surface area (Å²) >= 11 is 15.7. The van der Waals surface area contributed by atoms with Gasteiger partial charge in [0.2, 0.25) is 5.95 Å². The first-order valence-electron chi connectivity index (χ1n) is 11.3. The Morgan fingerprint density at radius 2 is 2.11 bits per heavy atom. The van der Waals surface area contributed by atoms with E-state index in [-0.39, 0.29) is 40.5 Å². The van der Waals surface area contributed by atoms with Gasteiger partial charge < -0.3 is 24.8 Å². The molecule has 0 atom stereocenters. The van der Waals surface area contributed by atoms with Gasteiger partial charge in [-0.15, -0.1) is 0 Å². The number of ether oxygens (including phenoxy) is 2. The van der Waals surface area contributed by atoms with E-state index in [1.807, 2.05) is 0 Å². The average molecular weight is 628 g/mol. The van der Waals surface area contributed by atoms with E-state index in [2.05, 4.69) is 41.7 Å². The summed E-state index contributed by atoms with van der Waals surface area (Å²) in [5.41, 5.74) is 4.11. The minimum atomic E-state index is -0.550. The van der Waals surface area contributed by atoms with Crippen LogP contribution in [0.15, 0.2) is 40.0 Å². The van der Waals surface area contributed by atoms with Crippen molar-refractivity contribution >= 4 is 68.7 Å². The molecule has 1 saturated heterocycles. The fourth-order valence-electron chi connectivity index (χ4n) is 3.45. The highest BCUT2D eigenvalue weighted by Crippen LogP contribution is 2.35. The molecule has 10 nitrogen and oxygen atoms in total. The second-order valence-electron chi connectivity index (χ2n) is 8.05. The Bertz CT molecular complexity index is 1370. The van der Waals surface area contributed by atoms with Crippen molar-refractivity contribution in [1.82, 2.24) is 9.97 Å². The predicted octanol–water partition coefficient (Wildman–Crippen LogP) is 5.00. The lowest BCUT2D eigenvalue weighted by Crippen LogP contribution is -2.37. The van der Waals surface area contributed by atoms with Crippen molar-refractivity contribution < 1.29 is 23.8 Å². The first-order chi connectivity index (χ1) is 18.2. The molecule has 1 aliphatic rings. The number of hydrogen-bond donors (Lipinski definition) is 3. The van der Waals surface area contributed by atoms with Gasteiger partial charge >= 0.3 is 0 Å². The van der Waals surface area contributed by atoms with Gasteiger partial charge in [-0.2, -0.15) is 10.1 Å². The predicted molar refractivity (Wildman–Crippen MR) is 147 cm³/mol. The van der Waals surface area contributed by atoms with Crippen LogP contribution in [0.3, 0.4) is 0 Å². The van der Waals surface area contributed by atoms with Gasteiger partial charge in [0.15, 0.2) is 18.2 Å². The molecule has 2 heterocycles. The molecular formula is C24H22BrCl2FN6O4. The number of carbonyl (C=O) groups is 1. The molecule has 200 valence electrons. The number of halogens is 4. The number of anilines is 3. The molecular weight excluding hydrogens is 606 g/mol. The third-order valence-corrected chi connectivity index (χ3v) is 6.67. The van der Waals surface area contributed by atoms with E-state index in [1.165, 1.54) is 18.3 Å². The lowest BCUT2D eigenvalue weighted by Gasteiger charge is -2.27. The summed E-state index contributed by atoms with van der Waals surface area (Å²) < 4.78 is 25.7. The van der Waals surface area contributed by atoms with E-state index in [4.69, 9.17) is 32.7 Å². The Kier molecular flexibility index (Phi) is 9.21. The molecule has 0 radical (unpaired) electrons. The Morgan fingerprint density at radius 3 is 2.87 bits per heavy atom. The van der Waals surface area contributed by atoms with Gasteiger partial charge in [0.05, 0.1) is 25.6 Å². The molecule has 38 heavy (non-hydrogen) atoms. The number of phenols is 1. The van der Waals surface area contributed by atoms with Gasteiger partial charge in [0.1, 0.15) is 16.5 Å². The molecule has 3 N–H and O–H groups in total. The Balaban J connectivity index is 1.37. The van der Waals surface area contributed by atoms with Crippen molar-refractivity contribution in [2.75, 3.05) is 48.6 Å². The largest absolute Gasteiger partial charge is 0.506 e. The van der Waals surface area contributed by atoms with Crippen molar-refractivity contribution in [3.63, 3.8) is 0 Å². The zero-order chi connectivity index (χ0) is 27.2. The van der Waals surface area contributed by atoms with Gasteiger partial charge in [-0.3, -0.25) is 4.79 Å². The van der Waals surface area contributed by atoms with Crippen molar-refractivity contribution in [3.05, 3.63) is 61.9 Å². The van der Waals surface area contributed by atoms with Crippen molar-refractivity contribution in [3.8, 4) is 11.5 Å². The Morgan fingerprint density at radius 1 is 1.34 bits per heavy atom. The van der Waals surface area contributed by atoms with E-state index < -0.39 is 11.7 Å². The molecule has 3 aromatic rings. The van der Waals surface area contributed by atoms with Gasteiger partial charge in [-0.25, -0.2) is 14.8 Å². The maximum Gasteiger partial charge on any atom is 0.262 e. The van der Waals surface area contributed by atoms with Crippen LogP contribution < -0.4 is 20.4 Å². The fraction of sp³-hybridized carbons (Fsp3) is 0.250. The zero-order valence-corrected chi connectivity index (χ0v) is 23.1. The topological polar surface area (TPSA) is 121 Å². The average Bonchev–Trinajstić information content (AvgIpc) is 2.90. The Hall–Kier alpha value is -3.19. The molecule has 0 bridgehead atoms. The third kappa shape index (κ3) is 6.81. The maximum absolute atomic E-state index is 14.2. The van der Waals surface area contributed by atoms with E-state index in [0.29, 0.717) is 47.0 Å². The molecule has 2 aromatic carbocycles. The molecule has 1 aliphatic heterocycles. The van der Waals surface area contributed by atoms with Gasteiger partial charge in [-0.05, 0) is 36.8 Å². The maximum atomic E-state index is 14.2. The number of carbonyl (C=O) groups excluding carboxylic acids is 1. The van der Waals surface area contributed by atoms with Crippen molar-refractivity contribution in [2.45, 2.75) is 6.92 Å². The van der Waals surface area contributed by atoms with Crippen LogP contribution in [0, 0.1) is 12.7 Å². The van der Waals surface area contributed by atoms with Crippen LogP contribution in [0.4, 0.5) is 21.8 Å². The van der Waals surface area contributed by atoms with E-state index in [0.717, 1.165) is 6.20 Å². The highest BCUT2D eigenvalue weighted by Gasteiger charge is 2.18. The number of nitrogens with zero attached hydrogens (tertiary/aromatic N) is 4. The summed E-state index contributed by atoms with van der Waals surface area (Å²) in [7, 11) is 0. The lowest BCUT2D eigenvalue weighted by molar-refractivity contribution is -0.118. The van der Waals surface area contributed by atoms with Crippen molar-refractivity contribution in [1.29, 1.82) is 0 Å². The standard InChI is InChI=1S/C24H22BrCl2FN6O4/c1-13-16(26)8-15(25)9-18(13)31-20(35)12-38-19-3-2-14(22(36)21(19)27)10-30-33-24-29-11-17(28)23(32-24)34-4-6-37-7-5-34/h2-3,8-11,36H,4-7,12H2,1H3,(H,31,35)(H,29,32,33)/b30-10-. The number of benzene rings is 2. The smallest absolute Gasteiger partial charge is 0.262 e. The minimum Gasteiger partial charge on any atom is -0.506 e. The summed E-state index contributed by atoms with van der Waals surface area (Å²) in [6.45, 7) is 3.41. The van der Waals surface area contributed by atoms with Crippen LogP contribution in [0.2, 0.25) is 10.0 Å². The number of aromatic nitrogens is 2. The van der Waals surface area contributed by atoms with Crippen LogP contribution in [0.1, 0.15) is 11.1 Å². The molecule has 0 aliphatic carbocycles. The fourth-order valence-corrected chi connectivity index (χ4v) is 4.49. The number of nitrogens with one attached hydrogen (secondary N) is 2. The lowest BCUT2D eigenvalue weighted by atomic mass is 10.2. The van der Waals surface area contributed by atoms with Crippen molar-refractivity contribution in [2.24, 2.45) is 5.10 Å². The first-order valence-corrected chi connectivity index (χ1v) is 12.8. The molecule has 1 fully saturated rings. The van der Waals surface area contributed by atoms with Crippen LogP contribution >= 0.6 is 39.1 Å². The number of hydrogen-bond acceptors (Lipinski definition) is 9. The first kappa shape index (κ1) is 27.8. The summed E-state index contributed by atoms with van der Waals surface area (Å²) in [6.07, 6.45) is 2.34. The molecule has 1 amide bonds. The van der Waals surface area contributed by atoms with Crippen LogP contribution in [-0.2, 0) is 9.53 Å². The van der Waals surface area contributed by atoms with E-state index in [9.17, 15) is 14.3 Å². The second kappa shape index (κ2) is 12.6. The molecule has 0 unspecified atom stereocenters. The minimum absolute atomic E-state index is 0.0719. The monoisotopic (exact) mass is 626 g/mol. The number of hydrazone groups is 1. The number of phenolic OH excluding ortho intramolecular Hbond substituents is 1. The van der Waals surface area contributed by atoms with Gasteiger partial charge in [0.25, 0.3) is 5.91 Å². The second-order valence-corrected chi connectivity index (χ2v) is 9.75. The SMILES string of the molecule is Cc1c(Cl)cc(Br)cc1NC(=O)COc1ccc(/C=N\Nc2ncc(F)c(N3CCOCC3)n2)c(O)c1Cl. The quantitative estimate of drug-likeness (QED) is 0.236. The molecule has 0 spiro atoms. The summed E-state index contributed by atoms with van der Waals surface area (Å²) in [4.78, 5) is 22.2. The normalized spacial score (nSPS) is 13.6. The van der Waals surface area contributed by atoms with Gasteiger partial charge in [-0.1, -0.05) is 39.1 Å². The number of aromatic hydroxyl groups is 1. The van der Waals surface area contributed by atoms with Gasteiger partial charge in [0, 0.05) is 33.8 Å². The summed E-state index contributed by atoms with van der Waals surface area (Å²) in [6, 6.07) is 6.44. The van der Waals surface area contributed by atoms with E-state index in [1.54, 1.807) is 24.0 Å². The molecule has 1 aromatic heterocycles. The summed E-state index contributed by atoms with van der Waals surface area (Å²) in [5.74, 6) is -0.975. The number of morpholine rings is 1.